The zero-order valence-electron chi connectivity index (χ0n) is 10.2. The molecule has 0 saturated carbocycles. The second-order valence-corrected chi connectivity index (χ2v) is 3.88. The Kier molecular flexibility index (Phi) is 5.74. The fourth-order valence-electron chi connectivity index (χ4n) is 1.19. The van der Waals surface area contributed by atoms with Gasteiger partial charge in [-0.15, -0.1) is 0 Å². The lowest BCUT2D eigenvalue weighted by molar-refractivity contribution is 0.199. The number of rotatable bonds is 7. The molecule has 2 N–H and O–H groups in total. The van der Waals surface area contributed by atoms with Crippen LogP contribution < -0.4 is 10.6 Å². The fraction of sp³-hybridized carbons (Fsp3) is 0.636. The number of hydrogen-bond acceptors (Lipinski definition) is 5. The summed E-state index contributed by atoms with van der Waals surface area (Å²) in [5.74, 6) is 0.677. The Morgan fingerprint density at radius 1 is 1.31 bits per heavy atom. The molecule has 0 spiro atoms. The number of nitrogens with zero attached hydrogens (tertiary/aromatic N) is 2. The molecule has 1 aromatic rings. The van der Waals surface area contributed by atoms with E-state index in [-0.39, 0.29) is 0 Å². The third-order valence-corrected chi connectivity index (χ3v) is 1.94. The van der Waals surface area contributed by atoms with Gasteiger partial charge >= 0.3 is 0 Å². The van der Waals surface area contributed by atoms with Gasteiger partial charge in [0.05, 0.1) is 6.61 Å². The van der Waals surface area contributed by atoms with E-state index >= 15 is 0 Å². The zero-order valence-corrected chi connectivity index (χ0v) is 10.2. The Balaban J connectivity index is 2.33. The maximum atomic E-state index is 4.94. The van der Waals surface area contributed by atoms with Crippen molar-refractivity contribution in [2.75, 3.05) is 25.6 Å². The van der Waals surface area contributed by atoms with E-state index in [4.69, 9.17) is 4.74 Å². The first-order valence-electron chi connectivity index (χ1n) is 5.49. The minimum absolute atomic E-state index is 0.352. The van der Waals surface area contributed by atoms with E-state index in [1.165, 1.54) is 0 Å². The number of ether oxygens (including phenoxy) is 1. The highest BCUT2D eigenvalue weighted by Gasteiger charge is 1.98. The predicted molar refractivity (Wildman–Crippen MR) is 64.4 cm³/mol. The summed E-state index contributed by atoms with van der Waals surface area (Å²) in [5.41, 5.74) is 1.07. The van der Waals surface area contributed by atoms with Crippen LogP contribution in [0, 0.1) is 0 Å². The van der Waals surface area contributed by atoms with Gasteiger partial charge in [-0.2, -0.15) is 0 Å². The molecule has 1 aromatic heterocycles. The number of anilines is 1. The van der Waals surface area contributed by atoms with Gasteiger partial charge in [-0.3, -0.25) is 0 Å². The number of nitrogens with one attached hydrogen (secondary N) is 2. The van der Waals surface area contributed by atoms with Gasteiger partial charge in [0.25, 0.3) is 0 Å². The van der Waals surface area contributed by atoms with Crippen LogP contribution in [0.25, 0.3) is 0 Å². The Bertz CT molecular complexity index is 287. The fourth-order valence-corrected chi connectivity index (χ4v) is 1.19. The van der Waals surface area contributed by atoms with Crippen molar-refractivity contribution in [2.24, 2.45) is 0 Å². The van der Waals surface area contributed by atoms with Crippen LogP contribution in [-0.4, -0.2) is 36.3 Å². The van der Waals surface area contributed by atoms with Crippen molar-refractivity contribution in [1.29, 1.82) is 0 Å². The Morgan fingerprint density at radius 3 is 2.56 bits per heavy atom. The van der Waals surface area contributed by atoms with Crippen molar-refractivity contribution in [3.05, 3.63) is 18.0 Å². The molecule has 0 atom stereocenters. The highest BCUT2D eigenvalue weighted by Crippen LogP contribution is 2.01. The van der Waals surface area contributed by atoms with Crippen LogP contribution in [0.2, 0.25) is 0 Å². The van der Waals surface area contributed by atoms with Gasteiger partial charge in [-0.05, 0) is 13.8 Å². The molecule has 5 heteroatoms. The van der Waals surface area contributed by atoms with Gasteiger partial charge in [0.2, 0.25) is 5.95 Å². The van der Waals surface area contributed by atoms with Crippen LogP contribution in [0.1, 0.15) is 19.4 Å². The van der Waals surface area contributed by atoms with Crippen molar-refractivity contribution >= 4 is 5.95 Å². The Hall–Kier alpha value is -1.20. The SMILES string of the molecule is COCCNCc1cnc(NC(C)C)nc1. The standard InChI is InChI=1S/C11H20N4O/c1-9(2)15-11-13-7-10(8-14-11)6-12-4-5-16-3/h7-9,12H,4-6H2,1-3H3,(H,13,14,15). The van der Waals surface area contributed by atoms with Crippen LogP contribution >= 0.6 is 0 Å². The molecule has 0 aliphatic rings. The molecule has 0 fully saturated rings. The Labute approximate surface area is 96.6 Å². The molecule has 16 heavy (non-hydrogen) atoms. The maximum absolute atomic E-state index is 4.94. The molecule has 0 aliphatic carbocycles. The molecule has 5 nitrogen and oxygen atoms in total. The second kappa shape index (κ2) is 7.14. The summed E-state index contributed by atoms with van der Waals surface area (Å²) in [6.45, 7) is 6.44. The van der Waals surface area contributed by atoms with Crippen molar-refractivity contribution in [2.45, 2.75) is 26.4 Å². The summed E-state index contributed by atoms with van der Waals surface area (Å²) in [4.78, 5) is 8.45. The Morgan fingerprint density at radius 2 is 2.00 bits per heavy atom. The molecule has 0 radical (unpaired) electrons. The van der Waals surface area contributed by atoms with Crippen LogP contribution in [0.3, 0.4) is 0 Å². The number of methoxy groups -OCH3 is 1. The van der Waals surface area contributed by atoms with E-state index in [1.807, 2.05) is 12.4 Å². The summed E-state index contributed by atoms with van der Waals surface area (Å²) in [5, 5.41) is 6.38. The summed E-state index contributed by atoms with van der Waals surface area (Å²) >= 11 is 0. The predicted octanol–water partition coefficient (Wildman–Crippen LogP) is 1.03. The van der Waals surface area contributed by atoms with E-state index in [0.29, 0.717) is 18.6 Å². The quantitative estimate of drug-likeness (QED) is 0.677. The van der Waals surface area contributed by atoms with Crippen LogP contribution in [-0.2, 0) is 11.3 Å². The average Bonchev–Trinajstić information content (AvgIpc) is 2.26. The van der Waals surface area contributed by atoms with E-state index in [2.05, 4.69) is 34.4 Å². The molecule has 0 unspecified atom stereocenters. The third-order valence-electron chi connectivity index (χ3n) is 1.94. The molecule has 0 aliphatic heterocycles. The summed E-state index contributed by atoms with van der Waals surface area (Å²) in [6, 6.07) is 0.352. The molecule has 0 amide bonds. The first kappa shape index (κ1) is 12.9. The first-order valence-corrected chi connectivity index (χ1v) is 5.49. The largest absolute Gasteiger partial charge is 0.383 e. The average molecular weight is 224 g/mol. The minimum Gasteiger partial charge on any atom is -0.383 e. The van der Waals surface area contributed by atoms with Gasteiger partial charge in [0.15, 0.2) is 0 Å². The van der Waals surface area contributed by atoms with Gasteiger partial charge in [0.1, 0.15) is 0 Å². The van der Waals surface area contributed by atoms with E-state index in [1.54, 1.807) is 7.11 Å². The van der Waals surface area contributed by atoms with E-state index in [9.17, 15) is 0 Å². The molecular weight excluding hydrogens is 204 g/mol. The molecule has 1 rings (SSSR count). The molecule has 0 bridgehead atoms. The zero-order chi connectivity index (χ0) is 11.8. The lowest BCUT2D eigenvalue weighted by atomic mass is 10.3. The minimum atomic E-state index is 0.352. The number of hydrogen-bond donors (Lipinski definition) is 2. The highest BCUT2D eigenvalue weighted by atomic mass is 16.5. The molecule has 0 aromatic carbocycles. The van der Waals surface area contributed by atoms with Gasteiger partial charge in [-0.25, -0.2) is 9.97 Å². The van der Waals surface area contributed by atoms with Gasteiger partial charge in [0, 0.05) is 44.2 Å². The summed E-state index contributed by atoms with van der Waals surface area (Å²) in [6.07, 6.45) is 3.66. The van der Waals surface area contributed by atoms with Crippen molar-refractivity contribution in [3.8, 4) is 0 Å². The van der Waals surface area contributed by atoms with Crippen LogP contribution in [0.4, 0.5) is 5.95 Å². The van der Waals surface area contributed by atoms with Gasteiger partial charge < -0.3 is 15.4 Å². The molecule has 90 valence electrons. The smallest absolute Gasteiger partial charge is 0.222 e. The second-order valence-electron chi connectivity index (χ2n) is 3.88. The normalized spacial score (nSPS) is 10.8. The molecule has 0 saturated heterocycles. The third kappa shape index (κ3) is 5.04. The highest BCUT2D eigenvalue weighted by molar-refractivity contribution is 5.25. The van der Waals surface area contributed by atoms with E-state index in [0.717, 1.165) is 18.7 Å². The van der Waals surface area contributed by atoms with Crippen molar-refractivity contribution in [3.63, 3.8) is 0 Å². The van der Waals surface area contributed by atoms with Gasteiger partial charge in [-0.1, -0.05) is 0 Å². The van der Waals surface area contributed by atoms with Crippen molar-refractivity contribution in [1.82, 2.24) is 15.3 Å². The van der Waals surface area contributed by atoms with Crippen LogP contribution in [0.5, 0.6) is 0 Å². The summed E-state index contributed by atoms with van der Waals surface area (Å²) < 4.78 is 4.94. The lowest BCUT2D eigenvalue weighted by Gasteiger charge is -2.08. The molecular formula is C11H20N4O. The lowest BCUT2D eigenvalue weighted by Crippen LogP contribution is -2.19. The van der Waals surface area contributed by atoms with E-state index < -0.39 is 0 Å². The van der Waals surface area contributed by atoms with Crippen molar-refractivity contribution < 1.29 is 4.74 Å². The molecule has 1 heterocycles. The first-order chi connectivity index (χ1) is 7.72. The van der Waals surface area contributed by atoms with Crippen LogP contribution in [0.15, 0.2) is 12.4 Å². The monoisotopic (exact) mass is 224 g/mol. The number of aromatic nitrogens is 2. The topological polar surface area (TPSA) is 59.1 Å². The maximum Gasteiger partial charge on any atom is 0.222 e. The summed E-state index contributed by atoms with van der Waals surface area (Å²) in [7, 11) is 1.69.